The average Bonchev–Trinajstić information content (AvgIpc) is 2.86. The molecule has 1 rings (SSSR count). The summed E-state index contributed by atoms with van der Waals surface area (Å²) in [6, 6.07) is 3.87. The third-order valence-corrected chi connectivity index (χ3v) is 6.78. The molecule has 0 fully saturated rings. The highest BCUT2D eigenvalue weighted by molar-refractivity contribution is 7.98. The van der Waals surface area contributed by atoms with E-state index in [0.717, 1.165) is 36.8 Å². The quantitative estimate of drug-likeness (QED) is 0.207. The van der Waals surface area contributed by atoms with E-state index in [-0.39, 0.29) is 12.5 Å². The van der Waals surface area contributed by atoms with E-state index in [1.807, 2.05) is 38.3 Å². The van der Waals surface area contributed by atoms with Crippen molar-refractivity contribution in [1.82, 2.24) is 15.5 Å². The molecule has 0 spiro atoms. The lowest BCUT2D eigenvalue weighted by molar-refractivity contribution is -0.144. The third kappa shape index (κ3) is 13.1. The van der Waals surface area contributed by atoms with Crippen LogP contribution in [-0.4, -0.2) is 72.6 Å². The second-order valence-electron chi connectivity index (χ2n) is 11.0. The molecule has 0 aliphatic heterocycles. The van der Waals surface area contributed by atoms with Gasteiger partial charge in [0.25, 0.3) is 0 Å². The minimum absolute atomic E-state index is 0.317. The zero-order valence-corrected chi connectivity index (χ0v) is 26.4. The molecule has 0 aromatic heterocycles. The Kier molecular flexibility index (Phi) is 15.7. The van der Waals surface area contributed by atoms with Gasteiger partial charge < -0.3 is 25.0 Å². The van der Waals surface area contributed by atoms with Gasteiger partial charge in [-0.25, -0.2) is 4.79 Å². The number of nitrogens with one attached hydrogen (secondary N) is 2. The van der Waals surface area contributed by atoms with Crippen molar-refractivity contribution in [3.05, 3.63) is 34.9 Å². The van der Waals surface area contributed by atoms with Crippen molar-refractivity contribution in [3.8, 4) is 0 Å². The van der Waals surface area contributed by atoms with Crippen LogP contribution in [0.15, 0.2) is 18.2 Å². The molecule has 1 aromatic rings. The van der Waals surface area contributed by atoms with Crippen LogP contribution in [0.25, 0.3) is 0 Å². The zero-order valence-electron chi connectivity index (χ0n) is 25.6. The maximum Gasteiger partial charge on any atom is 0.408 e. The molecular weight excluding hydrogens is 530 g/mol. The second-order valence-corrected chi connectivity index (χ2v) is 12.0. The van der Waals surface area contributed by atoms with E-state index >= 15 is 0 Å². The Morgan fingerprint density at radius 1 is 1.00 bits per heavy atom. The molecule has 9 nitrogen and oxygen atoms in total. The summed E-state index contributed by atoms with van der Waals surface area (Å²) in [4.78, 5) is 54.0. The van der Waals surface area contributed by atoms with Crippen LogP contribution in [-0.2, 0) is 23.9 Å². The molecule has 0 bridgehead atoms. The lowest BCUT2D eigenvalue weighted by Gasteiger charge is -2.35. The summed E-state index contributed by atoms with van der Waals surface area (Å²) in [6.45, 7) is 11.3. The first-order valence-corrected chi connectivity index (χ1v) is 15.4. The van der Waals surface area contributed by atoms with Gasteiger partial charge in [-0.3, -0.25) is 14.4 Å². The van der Waals surface area contributed by atoms with Crippen LogP contribution < -0.4 is 10.6 Å². The molecule has 0 heterocycles. The van der Waals surface area contributed by atoms with Crippen LogP contribution >= 0.6 is 11.8 Å². The number of thioether (sulfide) groups is 1. The molecule has 226 valence electrons. The molecule has 1 aromatic carbocycles. The van der Waals surface area contributed by atoms with Crippen LogP contribution in [0.5, 0.6) is 0 Å². The summed E-state index contributed by atoms with van der Waals surface area (Å²) in [6.07, 6.45) is 6.40. The van der Waals surface area contributed by atoms with E-state index in [0.29, 0.717) is 30.7 Å². The van der Waals surface area contributed by atoms with E-state index in [2.05, 4.69) is 17.6 Å². The Morgan fingerprint density at radius 2 is 1.62 bits per heavy atom. The molecule has 10 heteroatoms. The molecule has 2 N–H and O–H groups in total. The van der Waals surface area contributed by atoms with E-state index in [1.165, 1.54) is 7.11 Å². The monoisotopic (exact) mass is 579 g/mol. The Morgan fingerprint density at radius 3 is 2.17 bits per heavy atom. The highest BCUT2D eigenvalue weighted by Crippen LogP contribution is 2.26. The fraction of sp³-hybridized carbons (Fsp3) is 0.667. The molecule has 0 aliphatic carbocycles. The fourth-order valence-corrected chi connectivity index (χ4v) is 4.84. The number of rotatable bonds is 16. The Labute approximate surface area is 244 Å². The number of methoxy groups -OCH3 is 1. The summed E-state index contributed by atoms with van der Waals surface area (Å²) < 4.78 is 10.1. The molecule has 0 saturated heterocycles. The van der Waals surface area contributed by atoms with E-state index < -0.39 is 35.7 Å². The Bertz CT molecular complexity index is 958. The van der Waals surface area contributed by atoms with E-state index in [9.17, 15) is 19.2 Å². The van der Waals surface area contributed by atoms with Gasteiger partial charge in [0.1, 0.15) is 24.2 Å². The van der Waals surface area contributed by atoms with Gasteiger partial charge in [0.15, 0.2) is 0 Å². The van der Waals surface area contributed by atoms with Gasteiger partial charge in [0.2, 0.25) is 11.8 Å². The van der Waals surface area contributed by atoms with Crippen molar-refractivity contribution < 1.29 is 28.7 Å². The van der Waals surface area contributed by atoms with Gasteiger partial charge >= 0.3 is 12.1 Å². The number of benzene rings is 1. The number of hydrogen-bond acceptors (Lipinski definition) is 7. The number of nitrogens with zero attached hydrogens (tertiary/aromatic N) is 1. The zero-order chi connectivity index (χ0) is 30.3. The van der Waals surface area contributed by atoms with Crippen molar-refractivity contribution in [1.29, 1.82) is 0 Å². The predicted molar refractivity (Wildman–Crippen MR) is 160 cm³/mol. The van der Waals surface area contributed by atoms with Crippen molar-refractivity contribution in [2.24, 2.45) is 0 Å². The molecule has 0 radical (unpaired) electrons. The smallest absolute Gasteiger partial charge is 0.408 e. The van der Waals surface area contributed by atoms with Crippen LogP contribution in [0.2, 0.25) is 0 Å². The highest BCUT2D eigenvalue weighted by atomic mass is 32.2. The van der Waals surface area contributed by atoms with Crippen LogP contribution in [0.4, 0.5) is 4.79 Å². The van der Waals surface area contributed by atoms with Crippen molar-refractivity contribution in [2.75, 3.05) is 32.2 Å². The maximum absolute atomic E-state index is 14.2. The Hall–Kier alpha value is -2.75. The topological polar surface area (TPSA) is 114 Å². The first-order valence-electron chi connectivity index (χ1n) is 14.0. The van der Waals surface area contributed by atoms with Crippen molar-refractivity contribution in [2.45, 2.75) is 97.8 Å². The summed E-state index contributed by atoms with van der Waals surface area (Å²) in [5.74, 6) is -0.820. The van der Waals surface area contributed by atoms with Crippen LogP contribution in [0.3, 0.4) is 0 Å². The SMILES string of the molecule is CCCCCCCN(C(=O)C(CCSC)NC(=O)OC(C)(C)C)C(C(=O)NCC(=O)OC)c1cc(C)cc(C)c1. The lowest BCUT2D eigenvalue weighted by Crippen LogP contribution is -2.53. The fourth-order valence-electron chi connectivity index (χ4n) is 4.36. The van der Waals surface area contributed by atoms with Gasteiger partial charge in [0.05, 0.1) is 7.11 Å². The second kappa shape index (κ2) is 17.8. The standard InChI is InChI=1S/C30H49N3O6S/c1-9-10-11-12-13-15-33(28(36)24(14-16-40-8)32-29(37)39-30(4,5)6)26(27(35)31-20-25(34)38-7)23-18-21(2)17-22(3)19-23/h17-19,24,26H,9-16,20H2,1-8H3,(H,31,35)(H,32,37). The molecule has 40 heavy (non-hydrogen) atoms. The summed E-state index contributed by atoms with van der Waals surface area (Å²) in [7, 11) is 1.25. The largest absolute Gasteiger partial charge is 0.468 e. The number of carbonyl (C=O) groups excluding carboxylic acids is 4. The summed E-state index contributed by atoms with van der Waals surface area (Å²) in [5.41, 5.74) is 1.80. The normalized spacial score (nSPS) is 12.7. The number of amides is 3. The number of carbonyl (C=O) groups is 4. The van der Waals surface area contributed by atoms with Crippen molar-refractivity contribution in [3.63, 3.8) is 0 Å². The van der Waals surface area contributed by atoms with Gasteiger partial charge in [-0.05, 0) is 65.0 Å². The minimum Gasteiger partial charge on any atom is -0.468 e. The van der Waals surface area contributed by atoms with Gasteiger partial charge in [-0.1, -0.05) is 61.9 Å². The molecule has 2 unspecified atom stereocenters. The van der Waals surface area contributed by atoms with Crippen LogP contribution in [0, 0.1) is 13.8 Å². The number of esters is 1. The number of ether oxygens (including phenoxy) is 2. The number of hydrogen-bond donors (Lipinski definition) is 2. The van der Waals surface area contributed by atoms with Gasteiger partial charge in [0, 0.05) is 6.54 Å². The Balaban J connectivity index is 3.52. The minimum atomic E-state index is -1.00. The number of alkyl carbamates (subject to hydrolysis) is 1. The summed E-state index contributed by atoms with van der Waals surface area (Å²) >= 11 is 1.56. The lowest BCUT2D eigenvalue weighted by atomic mass is 9.97. The molecule has 0 saturated carbocycles. The van der Waals surface area contributed by atoms with E-state index in [4.69, 9.17) is 9.47 Å². The molecule has 0 aliphatic rings. The summed E-state index contributed by atoms with van der Waals surface area (Å²) in [5, 5.41) is 5.40. The van der Waals surface area contributed by atoms with Crippen LogP contribution in [0.1, 0.15) is 89.0 Å². The molecule has 2 atom stereocenters. The first-order chi connectivity index (χ1) is 18.8. The molecule has 3 amide bonds. The third-order valence-electron chi connectivity index (χ3n) is 6.14. The van der Waals surface area contributed by atoms with E-state index in [1.54, 1.807) is 37.4 Å². The van der Waals surface area contributed by atoms with Gasteiger partial charge in [-0.2, -0.15) is 11.8 Å². The highest BCUT2D eigenvalue weighted by Gasteiger charge is 2.36. The average molecular weight is 580 g/mol. The molecular formula is C30H49N3O6S. The first kappa shape index (κ1) is 35.3. The number of unbranched alkanes of at least 4 members (excludes halogenated alkanes) is 4. The number of aryl methyl sites for hydroxylation is 2. The predicted octanol–water partition coefficient (Wildman–Crippen LogP) is 5.08. The maximum atomic E-state index is 14.2. The van der Waals surface area contributed by atoms with Gasteiger partial charge in [-0.15, -0.1) is 0 Å². The van der Waals surface area contributed by atoms with Crippen molar-refractivity contribution >= 4 is 35.6 Å².